The van der Waals surface area contributed by atoms with Crippen molar-refractivity contribution in [1.29, 1.82) is 0 Å². The number of aromatic nitrogens is 2. The lowest BCUT2D eigenvalue weighted by atomic mass is 9.93. The molecular weight excluding hydrogens is 320 g/mol. The summed E-state index contributed by atoms with van der Waals surface area (Å²) in [6.45, 7) is 0.980. The van der Waals surface area contributed by atoms with Gasteiger partial charge in [0.05, 0.1) is 6.54 Å². The molecule has 128 valence electrons. The van der Waals surface area contributed by atoms with Crippen LogP contribution in [0.15, 0.2) is 47.4 Å². The van der Waals surface area contributed by atoms with Crippen LogP contribution in [0.1, 0.15) is 24.8 Å². The van der Waals surface area contributed by atoms with Gasteiger partial charge in [0.2, 0.25) is 0 Å². The number of allylic oxidation sites excluding steroid dienone is 2. The number of benzene rings is 1. The summed E-state index contributed by atoms with van der Waals surface area (Å²) in [7, 11) is 0. The lowest BCUT2D eigenvalue weighted by Crippen LogP contribution is -2.23. The zero-order valence-corrected chi connectivity index (χ0v) is 13.7. The summed E-state index contributed by atoms with van der Waals surface area (Å²) >= 11 is 0. The van der Waals surface area contributed by atoms with E-state index in [1.807, 2.05) is 24.3 Å². The summed E-state index contributed by atoms with van der Waals surface area (Å²) in [5.74, 6) is 0.945. The molecule has 0 radical (unpaired) electrons. The molecule has 2 aliphatic rings. The molecule has 6 heteroatoms. The quantitative estimate of drug-likeness (QED) is 0.855. The first-order valence-corrected chi connectivity index (χ1v) is 8.38. The Morgan fingerprint density at radius 2 is 2.00 bits per heavy atom. The van der Waals surface area contributed by atoms with Crippen LogP contribution in [-0.4, -0.2) is 28.0 Å². The number of ketones is 1. The molecule has 0 saturated carbocycles. The average molecular weight is 338 g/mol. The first-order valence-electron chi connectivity index (χ1n) is 8.38. The number of ether oxygens (including phenoxy) is 2. The Kier molecular flexibility index (Phi) is 4.09. The number of hydrogen-bond donors (Lipinski definition) is 0. The van der Waals surface area contributed by atoms with Crippen molar-refractivity contribution >= 4 is 11.4 Å². The molecular formula is C19H18N2O4. The van der Waals surface area contributed by atoms with Gasteiger partial charge in [-0.05, 0) is 42.2 Å². The molecule has 0 spiro atoms. The van der Waals surface area contributed by atoms with Crippen LogP contribution in [0.3, 0.4) is 0 Å². The van der Waals surface area contributed by atoms with Gasteiger partial charge in [-0.1, -0.05) is 12.1 Å². The molecule has 4 rings (SSSR count). The minimum atomic E-state index is -0.307. The highest BCUT2D eigenvalue weighted by Gasteiger charge is 2.23. The number of nitrogens with zero attached hydrogens (tertiary/aromatic N) is 2. The third kappa shape index (κ3) is 3.47. The topological polar surface area (TPSA) is 70.4 Å². The van der Waals surface area contributed by atoms with E-state index >= 15 is 0 Å². The minimum Gasteiger partial charge on any atom is -0.490 e. The fourth-order valence-electron chi connectivity index (χ4n) is 3.11. The Morgan fingerprint density at radius 3 is 2.80 bits per heavy atom. The van der Waals surface area contributed by atoms with Gasteiger partial charge >= 0.3 is 0 Å². The second kappa shape index (κ2) is 6.55. The van der Waals surface area contributed by atoms with E-state index in [1.54, 1.807) is 16.8 Å². The van der Waals surface area contributed by atoms with E-state index < -0.39 is 0 Å². The molecule has 2 aromatic rings. The van der Waals surface area contributed by atoms with Gasteiger partial charge in [-0.25, -0.2) is 0 Å². The molecule has 1 atom stereocenters. The van der Waals surface area contributed by atoms with Gasteiger partial charge in [0.15, 0.2) is 11.9 Å². The maximum atomic E-state index is 11.5. The second-order valence-corrected chi connectivity index (χ2v) is 6.27. The van der Waals surface area contributed by atoms with E-state index in [4.69, 9.17) is 9.47 Å². The Bertz CT molecular complexity index is 883. The molecule has 0 bridgehead atoms. The van der Waals surface area contributed by atoms with Crippen molar-refractivity contribution in [3.05, 3.63) is 58.5 Å². The number of rotatable bonds is 4. The predicted molar refractivity (Wildman–Crippen MR) is 91.7 cm³/mol. The molecule has 0 amide bonds. The Hall–Kier alpha value is -2.89. The molecule has 0 saturated heterocycles. The molecule has 1 aromatic carbocycles. The maximum Gasteiger partial charge on any atom is 0.300 e. The van der Waals surface area contributed by atoms with E-state index in [0.717, 1.165) is 29.7 Å². The van der Waals surface area contributed by atoms with Crippen LogP contribution in [0.25, 0.3) is 5.57 Å². The van der Waals surface area contributed by atoms with Gasteiger partial charge in [-0.15, -0.1) is 0 Å². The van der Waals surface area contributed by atoms with Crippen LogP contribution in [-0.2, 0) is 11.3 Å². The number of carbonyl (C=O) groups excluding carboxylic acids is 1. The lowest BCUT2D eigenvalue weighted by molar-refractivity contribution is -0.114. The van der Waals surface area contributed by atoms with Gasteiger partial charge < -0.3 is 9.47 Å². The summed E-state index contributed by atoms with van der Waals surface area (Å²) in [6, 6.07) is 9.51. The molecule has 6 nitrogen and oxygen atoms in total. The monoisotopic (exact) mass is 338 g/mol. The Morgan fingerprint density at radius 1 is 1.16 bits per heavy atom. The van der Waals surface area contributed by atoms with Crippen LogP contribution in [0, 0.1) is 0 Å². The highest BCUT2D eigenvalue weighted by molar-refractivity contribution is 5.98. The minimum absolute atomic E-state index is 0.173. The van der Waals surface area contributed by atoms with Gasteiger partial charge in [-0.2, -0.15) is 4.98 Å². The average Bonchev–Trinajstić information content (AvgIpc) is 3.02. The molecule has 1 unspecified atom stereocenters. The van der Waals surface area contributed by atoms with Gasteiger partial charge in [0, 0.05) is 18.7 Å². The van der Waals surface area contributed by atoms with E-state index in [-0.39, 0.29) is 17.4 Å². The first kappa shape index (κ1) is 15.6. The van der Waals surface area contributed by atoms with Crippen molar-refractivity contribution < 1.29 is 14.3 Å². The summed E-state index contributed by atoms with van der Waals surface area (Å²) in [6.07, 6.45) is 5.75. The van der Waals surface area contributed by atoms with Crippen LogP contribution in [0.2, 0.25) is 0 Å². The number of hydrogen-bond acceptors (Lipinski definition) is 5. The largest absolute Gasteiger partial charge is 0.490 e. The summed E-state index contributed by atoms with van der Waals surface area (Å²) in [5, 5.41) is 0. The molecule has 1 aliphatic heterocycles. The Balaban J connectivity index is 1.36. The number of fused-ring (bicyclic) bond motifs is 1. The van der Waals surface area contributed by atoms with Crippen LogP contribution in [0.4, 0.5) is 0 Å². The molecule has 0 fully saturated rings. The SMILES string of the molecule is O=C1C=C(c2ccc(OCC3Cn4ccc(=O)nc4O3)cc2)CCC1. The molecule has 1 aromatic heterocycles. The van der Waals surface area contributed by atoms with Crippen molar-refractivity contribution in [1.82, 2.24) is 9.55 Å². The fraction of sp³-hybridized carbons (Fsp3) is 0.316. The molecule has 25 heavy (non-hydrogen) atoms. The molecule has 1 aliphatic carbocycles. The summed E-state index contributed by atoms with van der Waals surface area (Å²) in [5.41, 5.74) is 1.85. The highest BCUT2D eigenvalue weighted by atomic mass is 16.6. The highest BCUT2D eigenvalue weighted by Crippen LogP contribution is 2.27. The normalized spacial score (nSPS) is 19.1. The summed E-state index contributed by atoms with van der Waals surface area (Å²) < 4.78 is 13.2. The third-order valence-corrected chi connectivity index (χ3v) is 4.39. The van der Waals surface area contributed by atoms with Crippen molar-refractivity contribution in [2.24, 2.45) is 0 Å². The third-order valence-electron chi connectivity index (χ3n) is 4.39. The lowest BCUT2D eigenvalue weighted by Gasteiger charge is -2.14. The van der Waals surface area contributed by atoms with Crippen LogP contribution in [0.5, 0.6) is 11.8 Å². The van der Waals surface area contributed by atoms with Gasteiger partial charge in [0.1, 0.15) is 12.4 Å². The van der Waals surface area contributed by atoms with Crippen LogP contribution < -0.4 is 15.0 Å². The van der Waals surface area contributed by atoms with Crippen molar-refractivity contribution in [2.45, 2.75) is 31.9 Å². The van der Waals surface area contributed by atoms with Crippen molar-refractivity contribution in [3.8, 4) is 11.8 Å². The van der Waals surface area contributed by atoms with Gasteiger partial charge in [0.25, 0.3) is 11.6 Å². The van der Waals surface area contributed by atoms with E-state index in [1.165, 1.54) is 6.07 Å². The maximum absolute atomic E-state index is 11.5. The fourth-order valence-corrected chi connectivity index (χ4v) is 3.11. The first-order chi connectivity index (χ1) is 12.2. The molecule has 0 N–H and O–H groups in total. The zero-order chi connectivity index (χ0) is 17.2. The van der Waals surface area contributed by atoms with Crippen molar-refractivity contribution in [2.75, 3.05) is 6.61 Å². The zero-order valence-electron chi connectivity index (χ0n) is 13.7. The predicted octanol–water partition coefficient (Wildman–Crippen LogP) is 2.22. The van der Waals surface area contributed by atoms with Gasteiger partial charge in [-0.3, -0.25) is 14.2 Å². The van der Waals surface area contributed by atoms with E-state index in [2.05, 4.69) is 4.98 Å². The van der Waals surface area contributed by atoms with E-state index in [9.17, 15) is 9.59 Å². The standard InChI is InChI=1S/C19H18N2O4/c22-15-3-1-2-14(10-15)13-4-6-16(7-5-13)24-12-17-11-21-9-8-18(23)20-19(21)25-17/h4-10,17H,1-3,11-12H2. The van der Waals surface area contributed by atoms with Crippen molar-refractivity contribution in [3.63, 3.8) is 0 Å². The second-order valence-electron chi connectivity index (χ2n) is 6.27. The smallest absolute Gasteiger partial charge is 0.300 e. The summed E-state index contributed by atoms with van der Waals surface area (Å²) in [4.78, 5) is 26.6. The number of carbonyl (C=O) groups is 1. The molecule has 2 heterocycles. The van der Waals surface area contributed by atoms with E-state index in [0.29, 0.717) is 25.6 Å². The Labute approximate surface area is 144 Å². The van der Waals surface area contributed by atoms with Crippen LogP contribution >= 0.6 is 0 Å².